The minimum atomic E-state index is -3.11. The van der Waals surface area contributed by atoms with Crippen molar-refractivity contribution < 1.29 is 8.42 Å². The van der Waals surface area contributed by atoms with Crippen LogP contribution < -0.4 is 0 Å². The lowest BCUT2D eigenvalue weighted by Crippen LogP contribution is -1.96. The van der Waals surface area contributed by atoms with Gasteiger partial charge in [0.25, 0.3) is 0 Å². The summed E-state index contributed by atoms with van der Waals surface area (Å²) in [6, 6.07) is 6.81. The zero-order valence-corrected chi connectivity index (χ0v) is 8.45. The number of hydrogen-bond acceptors (Lipinski definition) is 3. The molecule has 0 bridgehead atoms. The highest BCUT2D eigenvalue weighted by molar-refractivity contribution is 7.90. The predicted octanol–water partition coefficient (Wildman–Crippen LogP) is 1.64. The Bertz CT molecular complexity index is 575. The van der Waals surface area contributed by atoms with Gasteiger partial charge in [-0.3, -0.25) is 4.98 Å². The molecule has 1 aromatic heterocycles. The number of sulfone groups is 1. The lowest BCUT2D eigenvalue weighted by atomic mass is 10.2. The molecular weight excluding hydrogens is 198 g/mol. The molecule has 0 saturated heterocycles. The molecule has 0 aliphatic rings. The lowest BCUT2D eigenvalue weighted by Gasteiger charge is -2.00. The van der Waals surface area contributed by atoms with Gasteiger partial charge >= 0.3 is 0 Å². The average molecular weight is 207 g/mol. The van der Waals surface area contributed by atoms with Crippen LogP contribution in [0.15, 0.2) is 41.6 Å². The number of benzene rings is 1. The highest BCUT2D eigenvalue weighted by atomic mass is 32.2. The van der Waals surface area contributed by atoms with Crippen LogP contribution in [0.25, 0.3) is 10.8 Å². The van der Waals surface area contributed by atoms with Gasteiger partial charge in [0.1, 0.15) is 0 Å². The fourth-order valence-electron chi connectivity index (χ4n) is 1.29. The quantitative estimate of drug-likeness (QED) is 0.714. The second kappa shape index (κ2) is 3.06. The Morgan fingerprint density at radius 1 is 1.14 bits per heavy atom. The first-order chi connectivity index (χ1) is 6.57. The van der Waals surface area contributed by atoms with E-state index in [2.05, 4.69) is 4.98 Å². The highest BCUT2D eigenvalue weighted by Crippen LogP contribution is 2.17. The summed E-state index contributed by atoms with van der Waals surface area (Å²) >= 11 is 0. The monoisotopic (exact) mass is 207 g/mol. The Morgan fingerprint density at radius 3 is 2.64 bits per heavy atom. The van der Waals surface area contributed by atoms with Crippen molar-refractivity contribution in [1.82, 2.24) is 4.98 Å². The molecule has 1 heterocycles. The first-order valence-corrected chi connectivity index (χ1v) is 6.00. The second-order valence-corrected chi connectivity index (χ2v) is 5.17. The molecule has 0 unspecified atom stereocenters. The molecule has 14 heavy (non-hydrogen) atoms. The SMILES string of the molecule is CS(=O)(=O)c1ccc2cnccc2c1. The highest BCUT2D eigenvalue weighted by Gasteiger charge is 2.06. The van der Waals surface area contributed by atoms with E-state index >= 15 is 0 Å². The van der Waals surface area contributed by atoms with Crippen molar-refractivity contribution in [3.05, 3.63) is 36.7 Å². The smallest absolute Gasteiger partial charge is 0.175 e. The number of rotatable bonds is 1. The van der Waals surface area contributed by atoms with Crippen molar-refractivity contribution in [2.24, 2.45) is 0 Å². The van der Waals surface area contributed by atoms with Gasteiger partial charge < -0.3 is 0 Å². The van der Waals surface area contributed by atoms with Crippen molar-refractivity contribution in [3.8, 4) is 0 Å². The molecule has 72 valence electrons. The summed E-state index contributed by atoms with van der Waals surface area (Å²) in [6.45, 7) is 0. The third-order valence-corrected chi connectivity index (χ3v) is 3.15. The van der Waals surface area contributed by atoms with E-state index in [9.17, 15) is 8.42 Å². The van der Waals surface area contributed by atoms with Crippen molar-refractivity contribution in [1.29, 1.82) is 0 Å². The third kappa shape index (κ3) is 1.61. The molecule has 0 saturated carbocycles. The Kier molecular flexibility index (Phi) is 2.00. The van der Waals surface area contributed by atoms with E-state index in [1.807, 2.05) is 0 Å². The van der Waals surface area contributed by atoms with E-state index in [1.54, 1.807) is 36.7 Å². The van der Waals surface area contributed by atoms with E-state index in [1.165, 1.54) is 6.26 Å². The van der Waals surface area contributed by atoms with E-state index in [-0.39, 0.29) is 0 Å². The molecule has 0 atom stereocenters. The summed E-state index contributed by atoms with van der Waals surface area (Å²) in [4.78, 5) is 4.30. The first-order valence-electron chi connectivity index (χ1n) is 4.11. The molecule has 1 aromatic carbocycles. The standard InChI is InChI=1S/C10H9NO2S/c1-14(12,13)10-3-2-9-7-11-5-4-8(9)6-10/h2-7H,1H3. The fraction of sp³-hybridized carbons (Fsp3) is 0.100. The fourth-order valence-corrected chi connectivity index (χ4v) is 1.95. The van der Waals surface area contributed by atoms with E-state index in [4.69, 9.17) is 0 Å². The molecule has 3 nitrogen and oxygen atoms in total. The van der Waals surface area contributed by atoms with Crippen molar-refractivity contribution >= 4 is 20.6 Å². The largest absolute Gasteiger partial charge is 0.264 e. The molecule has 0 radical (unpaired) electrons. The maximum atomic E-state index is 11.3. The van der Waals surface area contributed by atoms with Crippen LogP contribution in [0, 0.1) is 0 Å². The van der Waals surface area contributed by atoms with Gasteiger partial charge in [-0.05, 0) is 23.6 Å². The average Bonchev–Trinajstić information content (AvgIpc) is 2.16. The van der Waals surface area contributed by atoms with Crippen LogP contribution in [-0.2, 0) is 9.84 Å². The maximum absolute atomic E-state index is 11.3. The van der Waals surface area contributed by atoms with E-state index < -0.39 is 9.84 Å². The molecule has 0 spiro atoms. The zero-order chi connectivity index (χ0) is 10.2. The normalized spacial score (nSPS) is 11.8. The van der Waals surface area contributed by atoms with Crippen molar-refractivity contribution in [2.45, 2.75) is 4.90 Å². The van der Waals surface area contributed by atoms with E-state index in [0.717, 1.165) is 10.8 Å². The summed E-state index contributed by atoms with van der Waals surface area (Å²) in [5.74, 6) is 0. The van der Waals surface area contributed by atoms with Gasteiger partial charge in [0.05, 0.1) is 4.90 Å². The van der Waals surface area contributed by atoms with Gasteiger partial charge in [-0.1, -0.05) is 6.07 Å². The minimum Gasteiger partial charge on any atom is -0.264 e. The molecule has 0 aliphatic heterocycles. The summed E-state index contributed by atoms with van der Waals surface area (Å²) in [5.41, 5.74) is 0. The molecule has 0 N–H and O–H groups in total. The minimum absolute atomic E-state index is 0.344. The van der Waals surface area contributed by atoms with Crippen molar-refractivity contribution in [2.75, 3.05) is 6.26 Å². The number of fused-ring (bicyclic) bond motifs is 1. The van der Waals surface area contributed by atoms with Crippen LogP contribution in [0.2, 0.25) is 0 Å². The molecule has 2 rings (SSSR count). The van der Waals surface area contributed by atoms with Crippen LogP contribution in [-0.4, -0.2) is 19.7 Å². The van der Waals surface area contributed by atoms with Gasteiger partial charge in [0.15, 0.2) is 9.84 Å². The summed E-state index contributed by atoms with van der Waals surface area (Å²) < 4.78 is 22.5. The first kappa shape index (κ1) is 9.15. The predicted molar refractivity (Wildman–Crippen MR) is 54.9 cm³/mol. The Morgan fingerprint density at radius 2 is 1.93 bits per heavy atom. The number of aromatic nitrogens is 1. The van der Waals surface area contributed by atoms with Gasteiger partial charge in [-0.25, -0.2) is 8.42 Å². The summed E-state index contributed by atoms with van der Waals surface area (Å²) in [7, 11) is -3.11. The molecular formula is C10H9NO2S. The van der Waals surface area contributed by atoms with Gasteiger partial charge in [0.2, 0.25) is 0 Å². The van der Waals surface area contributed by atoms with Crippen LogP contribution in [0.3, 0.4) is 0 Å². The van der Waals surface area contributed by atoms with Crippen LogP contribution in [0.1, 0.15) is 0 Å². The van der Waals surface area contributed by atoms with Gasteiger partial charge in [-0.2, -0.15) is 0 Å². The lowest BCUT2D eigenvalue weighted by molar-refractivity contribution is 0.602. The molecule has 4 heteroatoms. The zero-order valence-electron chi connectivity index (χ0n) is 7.64. The molecule has 0 aliphatic carbocycles. The van der Waals surface area contributed by atoms with Crippen LogP contribution in [0.5, 0.6) is 0 Å². The summed E-state index contributed by atoms with van der Waals surface area (Å²) in [5, 5.41) is 1.84. The van der Waals surface area contributed by atoms with Crippen LogP contribution >= 0.6 is 0 Å². The topological polar surface area (TPSA) is 47.0 Å². The van der Waals surface area contributed by atoms with Gasteiger partial charge in [0, 0.05) is 24.0 Å². The maximum Gasteiger partial charge on any atom is 0.175 e. The number of pyridine rings is 1. The Balaban J connectivity index is 2.75. The molecule has 0 fully saturated rings. The number of hydrogen-bond donors (Lipinski definition) is 0. The van der Waals surface area contributed by atoms with E-state index in [0.29, 0.717) is 4.90 Å². The Labute approximate surface area is 82.3 Å². The third-order valence-electron chi connectivity index (χ3n) is 2.04. The molecule has 2 aromatic rings. The van der Waals surface area contributed by atoms with Crippen molar-refractivity contribution in [3.63, 3.8) is 0 Å². The Hall–Kier alpha value is -1.42. The number of nitrogens with zero attached hydrogens (tertiary/aromatic N) is 1. The van der Waals surface area contributed by atoms with Crippen LogP contribution in [0.4, 0.5) is 0 Å². The second-order valence-electron chi connectivity index (χ2n) is 3.16. The molecule has 0 amide bonds. The summed E-state index contributed by atoms with van der Waals surface area (Å²) in [6.07, 6.45) is 4.56. The van der Waals surface area contributed by atoms with Gasteiger partial charge in [-0.15, -0.1) is 0 Å².